The number of carbonyl (C=O) groups excluding carboxylic acids is 2. The number of anilines is 1. The molecule has 0 saturated carbocycles. The third kappa shape index (κ3) is 4.22. The second kappa shape index (κ2) is 7.90. The lowest BCUT2D eigenvalue weighted by Crippen LogP contribution is -2.39. The van der Waals surface area contributed by atoms with Crippen molar-refractivity contribution in [3.05, 3.63) is 65.6 Å². The zero-order valence-corrected chi connectivity index (χ0v) is 14.6. The van der Waals surface area contributed by atoms with Gasteiger partial charge >= 0.3 is 0 Å². The van der Waals surface area contributed by atoms with E-state index >= 15 is 0 Å². The molecule has 0 unspecified atom stereocenters. The average molecular weight is 354 g/mol. The van der Waals surface area contributed by atoms with Crippen molar-refractivity contribution in [3.63, 3.8) is 0 Å². The van der Waals surface area contributed by atoms with Crippen LogP contribution in [0.15, 0.2) is 60.0 Å². The molecule has 2 aromatic carbocycles. The quantitative estimate of drug-likeness (QED) is 0.896. The fourth-order valence-corrected chi connectivity index (χ4v) is 3.32. The van der Waals surface area contributed by atoms with Crippen LogP contribution >= 0.6 is 11.8 Å². The van der Waals surface area contributed by atoms with Gasteiger partial charge in [-0.25, -0.2) is 0 Å². The summed E-state index contributed by atoms with van der Waals surface area (Å²) in [5.41, 5.74) is 2.30. The number of benzene rings is 2. The number of rotatable bonds is 5. The molecule has 25 heavy (non-hydrogen) atoms. The van der Waals surface area contributed by atoms with E-state index in [1.54, 1.807) is 31.4 Å². The van der Waals surface area contributed by atoms with Gasteiger partial charge in [0, 0.05) is 11.8 Å². The van der Waals surface area contributed by atoms with Gasteiger partial charge in [0.2, 0.25) is 11.8 Å². The first-order valence-corrected chi connectivity index (χ1v) is 8.84. The zero-order valence-electron chi connectivity index (χ0n) is 13.8. The molecule has 0 aliphatic carbocycles. The number of nitrogens with one attached hydrogen (secondary N) is 1. The minimum atomic E-state index is -0.254. The second-order valence-electron chi connectivity index (χ2n) is 5.44. The molecular weight excluding hydrogens is 336 g/mol. The van der Waals surface area contributed by atoms with E-state index < -0.39 is 0 Å². The van der Waals surface area contributed by atoms with E-state index in [0.29, 0.717) is 17.2 Å². The first-order valence-electron chi connectivity index (χ1n) is 7.79. The highest BCUT2D eigenvalue weighted by molar-refractivity contribution is 8.03. The Balaban J connectivity index is 1.74. The molecular formula is C19H18N2O3S. The van der Waals surface area contributed by atoms with E-state index in [1.165, 1.54) is 16.7 Å². The molecule has 1 aliphatic heterocycles. The molecule has 0 fully saturated rings. The smallest absolute Gasteiger partial charge is 0.244 e. The van der Waals surface area contributed by atoms with Crippen LogP contribution in [0.5, 0.6) is 5.75 Å². The molecule has 1 aliphatic rings. The molecule has 0 radical (unpaired) electrons. The minimum Gasteiger partial charge on any atom is -0.497 e. The summed E-state index contributed by atoms with van der Waals surface area (Å²) < 4.78 is 5.15. The van der Waals surface area contributed by atoms with Crippen LogP contribution in [-0.2, 0) is 9.59 Å². The molecule has 6 heteroatoms. The molecule has 0 saturated heterocycles. The first kappa shape index (κ1) is 17.1. The van der Waals surface area contributed by atoms with Crippen molar-refractivity contribution in [2.75, 3.05) is 24.7 Å². The maximum absolute atomic E-state index is 12.4. The highest BCUT2D eigenvalue weighted by atomic mass is 32.2. The highest BCUT2D eigenvalue weighted by Crippen LogP contribution is 2.28. The summed E-state index contributed by atoms with van der Waals surface area (Å²) in [6.07, 6.45) is 0. The van der Waals surface area contributed by atoms with Gasteiger partial charge in [0.05, 0.1) is 18.6 Å². The largest absolute Gasteiger partial charge is 0.497 e. The average Bonchev–Trinajstić information content (AvgIpc) is 2.64. The maximum Gasteiger partial charge on any atom is 0.244 e. The second-order valence-corrected chi connectivity index (χ2v) is 6.30. The Labute approximate surface area is 150 Å². The lowest BCUT2D eigenvalue weighted by Gasteiger charge is -2.28. The Morgan fingerprint density at radius 1 is 1.20 bits per heavy atom. The van der Waals surface area contributed by atoms with Crippen molar-refractivity contribution in [1.29, 1.82) is 0 Å². The summed E-state index contributed by atoms with van der Waals surface area (Å²) in [5.74, 6) is 0.665. The Kier molecular flexibility index (Phi) is 5.40. The van der Waals surface area contributed by atoms with Crippen LogP contribution in [0.4, 0.5) is 5.69 Å². The molecule has 5 nitrogen and oxygen atoms in total. The van der Waals surface area contributed by atoms with Crippen molar-refractivity contribution in [1.82, 2.24) is 4.90 Å². The minimum absolute atomic E-state index is 0.0304. The molecule has 3 rings (SSSR count). The first-order chi connectivity index (χ1) is 12.2. The molecule has 0 bridgehead atoms. The third-order valence-electron chi connectivity index (χ3n) is 3.72. The maximum atomic E-state index is 12.4. The number of methoxy groups -OCH3 is 1. The molecule has 1 heterocycles. The van der Waals surface area contributed by atoms with Crippen molar-refractivity contribution in [2.45, 2.75) is 0 Å². The summed E-state index contributed by atoms with van der Waals surface area (Å²) in [5, 5.41) is 4.74. The van der Waals surface area contributed by atoms with Crippen molar-refractivity contribution < 1.29 is 14.3 Å². The molecule has 2 amide bonds. The monoisotopic (exact) mass is 354 g/mol. The summed E-state index contributed by atoms with van der Waals surface area (Å²) in [7, 11) is 1.57. The summed E-state index contributed by atoms with van der Waals surface area (Å²) in [4.78, 5) is 26.3. The zero-order chi connectivity index (χ0) is 17.6. The van der Waals surface area contributed by atoms with Crippen LogP contribution in [0.25, 0.3) is 5.70 Å². The summed E-state index contributed by atoms with van der Waals surface area (Å²) in [6, 6.07) is 16.7. The Hall–Kier alpha value is -2.73. The van der Waals surface area contributed by atoms with Gasteiger partial charge in [-0.05, 0) is 23.1 Å². The van der Waals surface area contributed by atoms with Crippen LogP contribution in [0.2, 0.25) is 0 Å². The predicted molar refractivity (Wildman–Crippen MR) is 100 cm³/mol. The van der Waals surface area contributed by atoms with E-state index in [1.807, 2.05) is 35.7 Å². The number of ether oxygens (including phenoxy) is 1. The van der Waals surface area contributed by atoms with Crippen LogP contribution < -0.4 is 10.1 Å². The lowest BCUT2D eigenvalue weighted by molar-refractivity contribution is -0.129. The van der Waals surface area contributed by atoms with Gasteiger partial charge in [-0.1, -0.05) is 36.4 Å². The Morgan fingerprint density at radius 2 is 2.00 bits per heavy atom. The van der Waals surface area contributed by atoms with Crippen LogP contribution in [0.3, 0.4) is 0 Å². The molecule has 0 atom stereocenters. The van der Waals surface area contributed by atoms with Gasteiger partial charge in [-0.3, -0.25) is 9.59 Å². The Morgan fingerprint density at radius 3 is 2.76 bits per heavy atom. The molecule has 0 spiro atoms. The Bertz CT molecular complexity index is 805. The number of nitrogens with zero attached hydrogens (tertiary/aromatic N) is 1. The topological polar surface area (TPSA) is 58.6 Å². The van der Waals surface area contributed by atoms with E-state index in [4.69, 9.17) is 4.74 Å². The highest BCUT2D eigenvalue weighted by Gasteiger charge is 2.25. The van der Waals surface area contributed by atoms with Gasteiger partial charge in [0.1, 0.15) is 12.3 Å². The number of hydrogen-bond acceptors (Lipinski definition) is 4. The SMILES string of the molecule is COc1cccc(NC(=O)CN2C(=O)CSC=C2c2ccccc2)c1. The van der Waals surface area contributed by atoms with Gasteiger partial charge in [0.15, 0.2) is 0 Å². The van der Waals surface area contributed by atoms with Gasteiger partial charge in [0.25, 0.3) is 0 Å². The van der Waals surface area contributed by atoms with Crippen LogP contribution in [0, 0.1) is 0 Å². The van der Waals surface area contributed by atoms with Crippen molar-refractivity contribution in [3.8, 4) is 5.75 Å². The van der Waals surface area contributed by atoms with Gasteiger partial charge < -0.3 is 15.0 Å². The normalized spacial score (nSPS) is 14.0. The van der Waals surface area contributed by atoms with Gasteiger partial charge in [-0.2, -0.15) is 0 Å². The van der Waals surface area contributed by atoms with Crippen molar-refractivity contribution >= 4 is 35.0 Å². The molecule has 0 aromatic heterocycles. The van der Waals surface area contributed by atoms with E-state index in [2.05, 4.69) is 5.32 Å². The standard InChI is InChI=1S/C19H18N2O3S/c1-24-16-9-5-8-15(10-16)20-18(22)11-21-17(12-25-13-19(21)23)14-6-3-2-4-7-14/h2-10,12H,11,13H2,1H3,(H,20,22). The third-order valence-corrected chi connectivity index (χ3v) is 4.52. The fraction of sp³-hybridized carbons (Fsp3) is 0.158. The summed E-state index contributed by atoms with van der Waals surface area (Å²) in [6.45, 7) is -0.0304. The van der Waals surface area contributed by atoms with Crippen molar-refractivity contribution in [2.24, 2.45) is 0 Å². The summed E-state index contributed by atoms with van der Waals surface area (Å²) >= 11 is 1.44. The van der Waals surface area contributed by atoms with E-state index in [0.717, 1.165) is 11.3 Å². The number of thioether (sulfide) groups is 1. The predicted octanol–water partition coefficient (Wildman–Crippen LogP) is 3.21. The van der Waals surface area contributed by atoms with E-state index in [9.17, 15) is 9.59 Å². The molecule has 1 N–H and O–H groups in total. The molecule has 128 valence electrons. The van der Waals surface area contributed by atoms with Crippen LogP contribution in [0.1, 0.15) is 5.56 Å². The molecule has 2 aromatic rings. The van der Waals surface area contributed by atoms with Crippen LogP contribution in [-0.4, -0.2) is 36.1 Å². The number of carbonyl (C=O) groups is 2. The number of amides is 2. The number of hydrogen-bond donors (Lipinski definition) is 1. The van der Waals surface area contributed by atoms with Gasteiger partial charge in [-0.15, -0.1) is 11.8 Å². The van der Waals surface area contributed by atoms with E-state index in [-0.39, 0.29) is 18.4 Å². The lowest BCUT2D eigenvalue weighted by atomic mass is 10.1. The fourth-order valence-electron chi connectivity index (χ4n) is 2.52.